The van der Waals surface area contributed by atoms with Crippen LogP contribution in [0.1, 0.15) is 22.1 Å². The van der Waals surface area contributed by atoms with Crippen LogP contribution in [0, 0.1) is 0 Å². The number of anilines is 2. The molecule has 1 atom stereocenters. The highest BCUT2D eigenvalue weighted by atomic mass is 16.2. The summed E-state index contributed by atoms with van der Waals surface area (Å²) in [7, 11) is 0. The molecule has 1 aromatic heterocycles. The number of hydrogen-bond donors (Lipinski definition) is 1. The smallest absolute Gasteiger partial charge is 0.262 e. The molecule has 0 radical (unpaired) electrons. The molecule has 1 N–H and O–H groups in total. The minimum absolute atomic E-state index is 0.0296. The first-order valence-electron chi connectivity index (χ1n) is 9.15. The van der Waals surface area contributed by atoms with Gasteiger partial charge in [-0.2, -0.15) is 5.10 Å². The lowest BCUT2D eigenvalue weighted by molar-refractivity contribution is 0.0975. The standard InChI is InChI=1S/C23H18N4O/c28-23-20-13-7-8-14-21(20)25-22(27(23)19-11-5-2-6-12-19)17-15-24-26(16-17)18-9-3-1-4-10-18/h1-16,22,25H. The summed E-state index contributed by atoms with van der Waals surface area (Å²) in [6.45, 7) is 0. The van der Waals surface area contributed by atoms with Crippen molar-refractivity contribution in [2.75, 3.05) is 10.2 Å². The van der Waals surface area contributed by atoms with Crippen LogP contribution < -0.4 is 10.2 Å². The predicted octanol–water partition coefficient (Wildman–Crippen LogP) is 4.64. The Balaban J connectivity index is 1.60. The lowest BCUT2D eigenvalue weighted by atomic mass is 10.0. The lowest BCUT2D eigenvalue weighted by Gasteiger charge is -2.37. The number of hydrogen-bond acceptors (Lipinski definition) is 3. The molecule has 0 saturated heterocycles. The third kappa shape index (κ3) is 2.74. The molecule has 0 spiro atoms. The summed E-state index contributed by atoms with van der Waals surface area (Å²) in [6, 6.07) is 27.3. The van der Waals surface area contributed by atoms with Crippen LogP contribution in [0.2, 0.25) is 0 Å². The Labute approximate surface area is 162 Å². The average Bonchev–Trinajstić information content (AvgIpc) is 3.25. The summed E-state index contributed by atoms with van der Waals surface area (Å²) in [5, 5.41) is 8.02. The molecule has 0 aliphatic carbocycles. The van der Waals surface area contributed by atoms with Crippen molar-refractivity contribution in [1.82, 2.24) is 9.78 Å². The van der Waals surface area contributed by atoms with Crippen molar-refractivity contribution in [3.05, 3.63) is 108 Å². The van der Waals surface area contributed by atoms with E-state index >= 15 is 0 Å². The van der Waals surface area contributed by atoms with Gasteiger partial charge in [-0.3, -0.25) is 9.69 Å². The molecule has 0 saturated carbocycles. The zero-order chi connectivity index (χ0) is 18.9. The average molecular weight is 366 g/mol. The second-order valence-electron chi connectivity index (χ2n) is 6.66. The monoisotopic (exact) mass is 366 g/mol. The number of para-hydroxylation sites is 3. The molecule has 28 heavy (non-hydrogen) atoms. The van der Waals surface area contributed by atoms with Crippen molar-refractivity contribution < 1.29 is 4.79 Å². The summed E-state index contributed by atoms with van der Waals surface area (Å²) in [5.74, 6) is -0.0296. The van der Waals surface area contributed by atoms with Gasteiger partial charge in [0.15, 0.2) is 0 Å². The Hall–Kier alpha value is -3.86. The molecule has 0 fully saturated rings. The van der Waals surface area contributed by atoms with Crippen molar-refractivity contribution in [3.63, 3.8) is 0 Å². The SMILES string of the molecule is O=C1c2ccccc2NC(c2cnn(-c3ccccc3)c2)N1c1ccccc1. The maximum Gasteiger partial charge on any atom is 0.262 e. The summed E-state index contributed by atoms with van der Waals surface area (Å²) < 4.78 is 1.82. The first-order valence-corrected chi connectivity index (χ1v) is 9.15. The number of carbonyl (C=O) groups is 1. The number of amides is 1. The van der Waals surface area contributed by atoms with E-state index in [2.05, 4.69) is 10.4 Å². The van der Waals surface area contributed by atoms with E-state index in [-0.39, 0.29) is 12.1 Å². The number of benzene rings is 3. The predicted molar refractivity (Wildman–Crippen MR) is 110 cm³/mol. The Morgan fingerprint density at radius 1 is 0.786 bits per heavy atom. The third-order valence-electron chi connectivity index (χ3n) is 4.90. The third-order valence-corrected chi connectivity index (χ3v) is 4.90. The van der Waals surface area contributed by atoms with Crippen LogP contribution in [0.5, 0.6) is 0 Å². The molecule has 5 heteroatoms. The molecule has 1 aliphatic rings. The van der Waals surface area contributed by atoms with Crippen molar-refractivity contribution in [2.45, 2.75) is 6.17 Å². The molecular formula is C23H18N4O. The van der Waals surface area contributed by atoms with Gasteiger partial charge in [0.2, 0.25) is 0 Å². The van der Waals surface area contributed by atoms with Crippen LogP contribution in [0.25, 0.3) is 5.69 Å². The van der Waals surface area contributed by atoms with E-state index < -0.39 is 0 Å². The highest BCUT2D eigenvalue weighted by molar-refractivity contribution is 6.12. The molecular weight excluding hydrogens is 348 g/mol. The minimum atomic E-state index is -0.345. The Morgan fingerprint density at radius 2 is 1.43 bits per heavy atom. The van der Waals surface area contributed by atoms with Gasteiger partial charge in [-0.25, -0.2) is 4.68 Å². The van der Waals surface area contributed by atoms with Crippen LogP contribution in [0.3, 0.4) is 0 Å². The Bertz CT molecular complexity index is 1120. The van der Waals surface area contributed by atoms with Crippen LogP contribution in [-0.4, -0.2) is 15.7 Å². The second-order valence-corrected chi connectivity index (χ2v) is 6.66. The quantitative estimate of drug-likeness (QED) is 0.574. The van der Waals surface area contributed by atoms with Gasteiger partial charge in [0, 0.05) is 23.1 Å². The fourth-order valence-electron chi connectivity index (χ4n) is 3.54. The van der Waals surface area contributed by atoms with E-state index in [9.17, 15) is 4.79 Å². The number of carbonyl (C=O) groups excluding carboxylic acids is 1. The molecule has 3 aromatic carbocycles. The number of aromatic nitrogens is 2. The van der Waals surface area contributed by atoms with Crippen LogP contribution >= 0.6 is 0 Å². The van der Waals surface area contributed by atoms with Gasteiger partial charge in [0.05, 0.1) is 17.4 Å². The van der Waals surface area contributed by atoms with Crippen molar-refractivity contribution in [3.8, 4) is 5.69 Å². The number of nitrogens with one attached hydrogen (secondary N) is 1. The zero-order valence-corrected chi connectivity index (χ0v) is 15.1. The van der Waals surface area contributed by atoms with Crippen LogP contribution in [0.4, 0.5) is 11.4 Å². The van der Waals surface area contributed by atoms with E-state index in [0.29, 0.717) is 5.56 Å². The van der Waals surface area contributed by atoms with E-state index in [0.717, 1.165) is 22.6 Å². The maximum absolute atomic E-state index is 13.3. The van der Waals surface area contributed by atoms with Crippen LogP contribution in [-0.2, 0) is 0 Å². The molecule has 1 aliphatic heterocycles. The van der Waals surface area contributed by atoms with Crippen LogP contribution in [0.15, 0.2) is 97.3 Å². The normalized spacial score (nSPS) is 15.8. The van der Waals surface area contributed by atoms with Crippen molar-refractivity contribution in [2.24, 2.45) is 0 Å². The lowest BCUT2D eigenvalue weighted by Crippen LogP contribution is -2.43. The fourth-order valence-corrected chi connectivity index (χ4v) is 3.54. The molecule has 136 valence electrons. The largest absolute Gasteiger partial charge is 0.360 e. The Morgan fingerprint density at radius 3 is 2.18 bits per heavy atom. The molecule has 4 aromatic rings. The summed E-state index contributed by atoms with van der Waals surface area (Å²) in [6.07, 6.45) is 3.42. The van der Waals surface area contributed by atoms with Gasteiger partial charge in [0.1, 0.15) is 6.17 Å². The molecule has 1 amide bonds. The van der Waals surface area contributed by atoms with E-state index in [4.69, 9.17) is 0 Å². The highest BCUT2D eigenvalue weighted by Gasteiger charge is 2.34. The van der Waals surface area contributed by atoms with Gasteiger partial charge < -0.3 is 5.32 Å². The summed E-state index contributed by atoms with van der Waals surface area (Å²) >= 11 is 0. The molecule has 2 heterocycles. The fraction of sp³-hybridized carbons (Fsp3) is 0.0435. The molecule has 1 unspecified atom stereocenters. The van der Waals surface area contributed by atoms with E-state index in [1.807, 2.05) is 102 Å². The molecule has 0 bridgehead atoms. The van der Waals surface area contributed by atoms with Gasteiger partial charge in [-0.1, -0.05) is 48.5 Å². The van der Waals surface area contributed by atoms with Gasteiger partial charge in [0.25, 0.3) is 5.91 Å². The molecule has 5 nitrogen and oxygen atoms in total. The van der Waals surface area contributed by atoms with Crippen molar-refractivity contribution in [1.29, 1.82) is 0 Å². The topological polar surface area (TPSA) is 50.2 Å². The Kier molecular flexibility index (Phi) is 3.91. The second kappa shape index (κ2) is 6.70. The zero-order valence-electron chi connectivity index (χ0n) is 15.1. The summed E-state index contributed by atoms with van der Waals surface area (Å²) in [4.78, 5) is 15.1. The van der Waals surface area contributed by atoms with Gasteiger partial charge in [-0.15, -0.1) is 0 Å². The van der Waals surface area contributed by atoms with E-state index in [1.165, 1.54) is 0 Å². The van der Waals surface area contributed by atoms with Crippen molar-refractivity contribution >= 4 is 17.3 Å². The van der Waals surface area contributed by atoms with Gasteiger partial charge >= 0.3 is 0 Å². The number of rotatable bonds is 3. The minimum Gasteiger partial charge on any atom is -0.360 e. The number of fused-ring (bicyclic) bond motifs is 1. The first-order chi connectivity index (χ1) is 13.8. The first kappa shape index (κ1) is 16.3. The van der Waals surface area contributed by atoms with Gasteiger partial charge in [-0.05, 0) is 36.4 Å². The number of nitrogens with zero attached hydrogens (tertiary/aromatic N) is 3. The summed E-state index contributed by atoms with van der Waals surface area (Å²) in [5.41, 5.74) is 4.22. The van der Waals surface area contributed by atoms with E-state index in [1.54, 1.807) is 4.90 Å². The maximum atomic E-state index is 13.3. The molecule has 5 rings (SSSR count). The highest BCUT2D eigenvalue weighted by Crippen LogP contribution is 2.36.